The van der Waals surface area contributed by atoms with E-state index in [9.17, 15) is 0 Å². The van der Waals surface area contributed by atoms with Crippen molar-refractivity contribution in [1.29, 1.82) is 0 Å². The monoisotopic (exact) mass is 515 g/mol. The maximum absolute atomic E-state index is 5.48. The summed E-state index contributed by atoms with van der Waals surface area (Å²) in [6.45, 7) is 9.94. The van der Waals surface area contributed by atoms with Gasteiger partial charge in [-0.25, -0.2) is 9.98 Å². The molecule has 0 atom stereocenters. The van der Waals surface area contributed by atoms with Gasteiger partial charge >= 0.3 is 0 Å². The quantitative estimate of drug-likeness (QED) is 0.337. The molecule has 1 aromatic heterocycles. The molecule has 3 rings (SSSR count). The van der Waals surface area contributed by atoms with Gasteiger partial charge in [-0.15, -0.1) is 35.3 Å². The second-order valence-corrected chi connectivity index (χ2v) is 7.78. The Kier molecular flexibility index (Phi) is 10.0. The van der Waals surface area contributed by atoms with E-state index >= 15 is 0 Å². The Morgan fingerprint density at radius 3 is 2.75 bits per heavy atom. The molecule has 1 fully saturated rings. The van der Waals surface area contributed by atoms with Crippen molar-refractivity contribution in [3.8, 4) is 0 Å². The lowest BCUT2D eigenvalue weighted by Gasteiger charge is -2.30. The number of hydrogen-bond acceptors (Lipinski definition) is 5. The molecule has 0 aliphatic carbocycles. The van der Waals surface area contributed by atoms with Crippen LogP contribution in [-0.2, 0) is 17.7 Å². The standard InChI is InChI=1S/C20H29N5OS.HI/c1-3-21-20(22-9-8-19-23-14-16(2)27-19)24-15-17-6-4-5-7-18(17)25-10-12-26-13-11-25;/h4-7,14H,3,8-13,15H2,1-2H3,(H2,21,22,24);1H. The van der Waals surface area contributed by atoms with Gasteiger partial charge in [-0.3, -0.25) is 0 Å². The van der Waals surface area contributed by atoms with Crippen LogP contribution in [0.2, 0.25) is 0 Å². The first-order chi connectivity index (χ1) is 13.3. The van der Waals surface area contributed by atoms with Crippen molar-refractivity contribution in [1.82, 2.24) is 15.6 Å². The first kappa shape index (κ1) is 22.9. The summed E-state index contributed by atoms with van der Waals surface area (Å²) in [6.07, 6.45) is 2.84. The summed E-state index contributed by atoms with van der Waals surface area (Å²) >= 11 is 1.75. The highest BCUT2D eigenvalue weighted by molar-refractivity contribution is 14.0. The van der Waals surface area contributed by atoms with Crippen LogP contribution in [-0.4, -0.2) is 50.3 Å². The fraction of sp³-hybridized carbons (Fsp3) is 0.500. The minimum atomic E-state index is 0. The van der Waals surface area contributed by atoms with Crippen molar-refractivity contribution >= 4 is 47.0 Å². The summed E-state index contributed by atoms with van der Waals surface area (Å²) in [5.41, 5.74) is 2.51. The summed E-state index contributed by atoms with van der Waals surface area (Å²) in [6, 6.07) is 8.52. The van der Waals surface area contributed by atoms with E-state index in [1.165, 1.54) is 16.1 Å². The maximum atomic E-state index is 5.48. The predicted molar refractivity (Wildman–Crippen MR) is 128 cm³/mol. The SMILES string of the molecule is CCNC(=NCc1ccccc1N1CCOCC1)NCCc1ncc(C)s1.I. The summed E-state index contributed by atoms with van der Waals surface area (Å²) in [4.78, 5) is 12.9. The molecular weight excluding hydrogens is 485 g/mol. The molecular formula is C20H30IN5OS. The van der Waals surface area contributed by atoms with Gasteiger partial charge in [-0.05, 0) is 25.5 Å². The number of ether oxygens (including phenoxy) is 1. The number of para-hydroxylation sites is 1. The van der Waals surface area contributed by atoms with Crippen LogP contribution in [0, 0.1) is 6.92 Å². The number of rotatable bonds is 7. The second-order valence-electron chi connectivity index (χ2n) is 6.46. The summed E-state index contributed by atoms with van der Waals surface area (Å²) in [5, 5.41) is 7.91. The van der Waals surface area contributed by atoms with E-state index < -0.39 is 0 Å². The molecule has 2 aromatic rings. The Morgan fingerprint density at radius 2 is 2.04 bits per heavy atom. The minimum Gasteiger partial charge on any atom is -0.378 e. The van der Waals surface area contributed by atoms with E-state index in [1.807, 2.05) is 6.20 Å². The lowest BCUT2D eigenvalue weighted by Crippen LogP contribution is -2.38. The molecule has 1 aromatic carbocycles. The zero-order valence-electron chi connectivity index (χ0n) is 16.6. The number of halogens is 1. The molecule has 2 heterocycles. The van der Waals surface area contributed by atoms with Crippen LogP contribution < -0.4 is 15.5 Å². The highest BCUT2D eigenvalue weighted by atomic mass is 127. The van der Waals surface area contributed by atoms with Gasteiger partial charge in [0, 0.05) is 49.4 Å². The van der Waals surface area contributed by atoms with Crippen LogP contribution in [0.25, 0.3) is 0 Å². The van der Waals surface area contributed by atoms with Crippen LogP contribution >= 0.6 is 35.3 Å². The molecule has 1 aliphatic rings. The normalized spacial score (nSPS) is 14.5. The average Bonchev–Trinajstić information content (AvgIpc) is 3.12. The lowest BCUT2D eigenvalue weighted by molar-refractivity contribution is 0.122. The molecule has 8 heteroatoms. The number of hydrogen-bond donors (Lipinski definition) is 2. The number of guanidine groups is 1. The Bertz CT molecular complexity index is 746. The molecule has 154 valence electrons. The van der Waals surface area contributed by atoms with Crippen molar-refractivity contribution in [2.45, 2.75) is 26.8 Å². The Hall–Kier alpha value is -1.39. The third-order valence-electron chi connectivity index (χ3n) is 4.40. The third kappa shape index (κ3) is 6.89. The number of aliphatic imine (C=N–C) groups is 1. The van der Waals surface area contributed by atoms with Crippen LogP contribution in [0.4, 0.5) is 5.69 Å². The van der Waals surface area contributed by atoms with Gasteiger partial charge < -0.3 is 20.3 Å². The first-order valence-corrected chi connectivity index (χ1v) is 10.4. The molecule has 6 nitrogen and oxygen atoms in total. The van der Waals surface area contributed by atoms with Crippen LogP contribution in [0.1, 0.15) is 22.4 Å². The summed E-state index contributed by atoms with van der Waals surface area (Å²) in [5.74, 6) is 0.850. The van der Waals surface area contributed by atoms with E-state index in [0.717, 1.165) is 56.8 Å². The fourth-order valence-corrected chi connectivity index (χ4v) is 3.85. The predicted octanol–water partition coefficient (Wildman–Crippen LogP) is 3.20. The summed E-state index contributed by atoms with van der Waals surface area (Å²) in [7, 11) is 0. The average molecular weight is 515 g/mol. The van der Waals surface area contributed by atoms with Crippen molar-refractivity contribution < 1.29 is 4.74 Å². The number of aromatic nitrogens is 1. The van der Waals surface area contributed by atoms with Gasteiger partial charge in [0.05, 0.1) is 24.8 Å². The van der Waals surface area contributed by atoms with Gasteiger partial charge in [-0.1, -0.05) is 18.2 Å². The zero-order chi connectivity index (χ0) is 18.9. The van der Waals surface area contributed by atoms with Gasteiger partial charge in [0.2, 0.25) is 0 Å². The van der Waals surface area contributed by atoms with E-state index in [2.05, 4.69) is 58.6 Å². The number of nitrogens with zero attached hydrogens (tertiary/aromatic N) is 3. The molecule has 0 saturated carbocycles. The highest BCUT2D eigenvalue weighted by Crippen LogP contribution is 2.22. The maximum Gasteiger partial charge on any atom is 0.191 e. The number of aryl methyl sites for hydroxylation is 1. The smallest absolute Gasteiger partial charge is 0.191 e. The molecule has 0 unspecified atom stereocenters. The number of morpholine rings is 1. The van der Waals surface area contributed by atoms with E-state index in [4.69, 9.17) is 9.73 Å². The van der Waals surface area contributed by atoms with Gasteiger partial charge in [0.1, 0.15) is 0 Å². The highest BCUT2D eigenvalue weighted by Gasteiger charge is 2.14. The van der Waals surface area contributed by atoms with E-state index in [0.29, 0.717) is 6.54 Å². The molecule has 0 amide bonds. The Balaban J connectivity index is 0.00000280. The lowest BCUT2D eigenvalue weighted by atomic mass is 10.1. The molecule has 0 radical (unpaired) electrons. The number of nitrogens with one attached hydrogen (secondary N) is 2. The summed E-state index contributed by atoms with van der Waals surface area (Å²) < 4.78 is 5.48. The topological polar surface area (TPSA) is 61.8 Å². The number of anilines is 1. The molecule has 2 N–H and O–H groups in total. The molecule has 28 heavy (non-hydrogen) atoms. The zero-order valence-corrected chi connectivity index (χ0v) is 19.8. The first-order valence-electron chi connectivity index (χ1n) is 9.60. The molecule has 1 saturated heterocycles. The van der Waals surface area contributed by atoms with Crippen LogP contribution in [0.5, 0.6) is 0 Å². The number of thiazole rings is 1. The van der Waals surface area contributed by atoms with Crippen molar-refractivity contribution in [3.05, 3.63) is 45.9 Å². The van der Waals surface area contributed by atoms with Gasteiger partial charge in [0.25, 0.3) is 0 Å². The van der Waals surface area contributed by atoms with Crippen molar-refractivity contribution in [2.75, 3.05) is 44.3 Å². The Morgan fingerprint density at radius 1 is 1.25 bits per heavy atom. The second kappa shape index (κ2) is 12.2. The van der Waals surface area contributed by atoms with E-state index in [-0.39, 0.29) is 24.0 Å². The van der Waals surface area contributed by atoms with Crippen molar-refractivity contribution in [2.24, 2.45) is 4.99 Å². The molecule has 0 bridgehead atoms. The molecule has 0 spiro atoms. The van der Waals surface area contributed by atoms with E-state index in [1.54, 1.807) is 11.3 Å². The molecule has 1 aliphatic heterocycles. The van der Waals surface area contributed by atoms with Crippen LogP contribution in [0.15, 0.2) is 35.5 Å². The van der Waals surface area contributed by atoms with Crippen LogP contribution in [0.3, 0.4) is 0 Å². The third-order valence-corrected chi connectivity index (χ3v) is 5.37. The number of benzene rings is 1. The fourth-order valence-electron chi connectivity index (χ4n) is 3.07. The largest absolute Gasteiger partial charge is 0.378 e. The van der Waals surface area contributed by atoms with Gasteiger partial charge in [0.15, 0.2) is 5.96 Å². The van der Waals surface area contributed by atoms with Crippen molar-refractivity contribution in [3.63, 3.8) is 0 Å². The minimum absolute atomic E-state index is 0. The van der Waals surface area contributed by atoms with Gasteiger partial charge in [-0.2, -0.15) is 0 Å². The Labute approximate surface area is 188 Å².